The van der Waals surface area contributed by atoms with Gasteiger partial charge in [0, 0.05) is 25.2 Å². The molecule has 1 aliphatic heterocycles. The third kappa shape index (κ3) is 3.14. The summed E-state index contributed by atoms with van der Waals surface area (Å²) in [5.74, 6) is 5.59. The van der Waals surface area contributed by atoms with Crippen LogP contribution in [0.2, 0.25) is 0 Å². The summed E-state index contributed by atoms with van der Waals surface area (Å²) >= 11 is 0. The summed E-state index contributed by atoms with van der Waals surface area (Å²) in [5, 5.41) is 10.9. The highest BCUT2D eigenvalue weighted by Gasteiger charge is 2.31. The Balaban J connectivity index is 2.47. The molecule has 21 heavy (non-hydrogen) atoms. The maximum Gasteiger partial charge on any atom is 0.270 e. The average Bonchev–Trinajstić information content (AvgIpc) is 2.46. The lowest BCUT2D eigenvalue weighted by atomic mass is 10.0. The molecular formula is C12H18N4O4S. The Morgan fingerprint density at radius 3 is 2.76 bits per heavy atom. The van der Waals surface area contributed by atoms with Crippen molar-refractivity contribution >= 4 is 21.4 Å². The van der Waals surface area contributed by atoms with Crippen molar-refractivity contribution in [1.82, 2.24) is 4.31 Å². The third-order valence-electron chi connectivity index (χ3n) is 3.57. The van der Waals surface area contributed by atoms with Gasteiger partial charge in [-0.1, -0.05) is 6.92 Å². The number of anilines is 1. The maximum absolute atomic E-state index is 12.7. The van der Waals surface area contributed by atoms with Gasteiger partial charge in [0.15, 0.2) is 0 Å². The Labute approximate surface area is 123 Å². The van der Waals surface area contributed by atoms with Crippen molar-refractivity contribution in [1.29, 1.82) is 0 Å². The van der Waals surface area contributed by atoms with E-state index in [9.17, 15) is 18.5 Å². The van der Waals surface area contributed by atoms with Gasteiger partial charge in [-0.15, -0.1) is 0 Å². The largest absolute Gasteiger partial charge is 0.323 e. The fourth-order valence-electron chi connectivity index (χ4n) is 2.46. The van der Waals surface area contributed by atoms with E-state index >= 15 is 0 Å². The normalized spacial score (nSPS) is 20.2. The minimum absolute atomic E-state index is 0.152. The highest BCUT2D eigenvalue weighted by atomic mass is 32.2. The van der Waals surface area contributed by atoms with E-state index in [1.807, 2.05) is 6.92 Å². The zero-order chi connectivity index (χ0) is 15.6. The summed E-state index contributed by atoms with van der Waals surface area (Å²) < 4.78 is 26.8. The van der Waals surface area contributed by atoms with Crippen LogP contribution in [0, 0.1) is 16.0 Å². The molecule has 0 amide bonds. The predicted octanol–water partition coefficient (Wildman–Crippen LogP) is 1.30. The van der Waals surface area contributed by atoms with Crippen molar-refractivity contribution < 1.29 is 13.3 Å². The first-order chi connectivity index (χ1) is 9.86. The first kappa shape index (κ1) is 15.7. The summed E-state index contributed by atoms with van der Waals surface area (Å²) in [6, 6.07) is 3.56. The van der Waals surface area contributed by atoms with Gasteiger partial charge in [-0.2, -0.15) is 4.31 Å². The lowest BCUT2D eigenvalue weighted by molar-refractivity contribution is -0.385. The number of hydrogen-bond acceptors (Lipinski definition) is 6. The SMILES string of the molecule is CC1CCCN(S(=O)(=O)c2cc([N+](=O)[O-])ccc2NN)C1. The molecule has 1 aliphatic rings. The Morgan fingerprint density at radius 2 is 2.19 bits per heavy atom. The highest BCUT2D eigenvalue weighted by Crippen LogP contribution is 2.30. The summed E-state index contributed by atoms with van der Waals surface area (Å²) in [5.41, 5.74) is 2.16. The average molecular weight is 314 g/mol. The number of hydrazine groups is 1. The molecule has 8 nitrogen and oxygen atoms in total. The van der Waals surface area contributed by atoms with Gasteiger partial charge in [-0.3, -0.25) is 16.0 Å². The van der Waals surface area contributed by atoms with E-state index < -0.39 is 14.9 Å². The monoisotopic (exact) mass is 314 g/mol. The Kier molecular flexibility index (Phi) is 4.45. The van der Waals surface area contributed by atoms with Crippen LogP contribution in [0.15, 0.2) is 23.1 Å². The molecule has 0 bridgehead atoms. The molecule has 1 atom stereocenters. The lowest BCUT2D eigenvalue weighted by Gasteiger charge is -2.30. The van der Waals surface area contributed by atoms with Crippen LogP contribution in [0.5, 0.6) is 0 Å². The van der Waals surface area contributed by atoms with Crippen LogP contribution in [-0.2, 0) is 10.0 Å². The van der Waals surface area contributed by atoms with E-state index in [0.717, 1.165) is 18.9 Å². The molecule has 0 aromatic heterocycles. The first-order valence-electron chi connectivity index (χ1n) is 6.61. The smallest absolute Gasteiger partial charge is 0.270 e. The Hall–Kier alpha value is -1.71. The van der Waals surface area contributed by atoms with Gasteiger partial charge in [0.2, 0.25) is 10.0 Å². The van der Waals surface area contributed by atoms with Crippen LogP contribution < -0.4 is 11.3 Å². The van der Waals surface area contributed by atoms with Crippen molar-refractivity contribution in [2.24, 2.45) is 11.8 Å². The molecule has 0 saturated carbocycles. The number of piperidine rings is 1. The first-order valence-corrected chi connectivity index (χ1v) is 8.05. The summed E-state index contributed by atoms with van der Waals surface area (Å²) in [4.78, 5) is 10.1. The molecule has 9 heteroatoms. The van der Waals surface area contributed by atoms with Crippen molar-refractivity contribution in [3.05, 3.63) is 28.3 Å². The third-order valence-corrected chi connectivity index (χ3v) is 5.47. The molecule has 1 aromatic carbocycles. The molecule has 3 N–H and O–H groups in total. The van der Waals surface area contributed by atoms with E-state index in [4.69, 9.17) is 5.84 Å². The van der Waals surface area contributed by atoms with Crippen LogP contribution in [0.3, 0.4) is 0 Å². The van der Waals surface area contributed by atoms with Gasteiger partial charge in [0.25, 0.3) is 5.69 Å². The minimum Gasteiger partial charge on any atom is -0.323 e. The standard InChI is InChI=1S/C12H18N4O4S/c1-9-3-2-6-15(8-9)21(19,20)12-7-10(16(17)18)4-5-11(12)14-13/h4-5,7,9,14H,2-3,6,8,13H2,1H3. The topological polar surface area (TPSA) is 119 Å². The predicted molar refractivity (Wildman–Crippen MR) is 78.1 cm³/mol. The second-order valence-corrected chi connectivity index (χ2v) is 7.10. The van der Waals surface area contributed by atoms with Gasteiger partial charge in [0.05, 0.1) is 10.6 Å². The number of hydrogen-bond donors (Lipinski definition) is 2. The number of nitro groups is 1. The number of nitrogens with one attached hydrogen (secondary N) is 1. The molecule has 1 saturated heterocycles. The molecule has 0 radical (unpaired) electrons. The second kappa shape index (κ2) is 5.96. The molecule has 1 heterocycles. The van der Waals surface area contributed by atoms with Crippen molar-refractivity contribution in [2.75, 3.05) is 18.5 Å². The zero-order valence-electron chi connectivity index (χ0n) is 11.7. The molecule has 1 fully saturated rings. The Bertz CT molecular complexity index is 647. The molecule has 116 valence electrons. The minimum atomic E-state index is -3.81. The fourth-order valence-corrected chi connectivity index (χ4v) is 4.23. The summed E-state index contributed by atoms with van der Waals surface area (Å²) in [7, 11) is -3.81. The van der Waals surface area contributed by atoms with E-state index in [2.05, 4.69) is 5.43 Å². The number of benzene rings is 1. The Morgan fingerprint density at radius 1 is 1.48 bits per heavy atom. The van der Waals surface area contributed by atoms with Gasteiger partial charge in [0.1, 0.15) is 4.90 Å². The molecule has 1 aromatic rings. The molecule has 0 spiro atoms. The van der Waals surface area contributed by atoms with E-state index in [-0.39, 0.29) is 22.2 Å². The maximum atomic E-state index is 12.7. The zero-order valence-corrected chi connectivity index (χ0v) is 12.5. The van der Waals surface area contributed by atoms with Crippen molar-refractivity contribution in [3.8, 4) is 0 Å². The summed E-state index contributed by atoms with van der Waals surface area (Å²) in [6.07, 6.45) is 1.75. The molecule has 1 unspecified atom stereocenters. The van der Waals surface area contributed by atoms with E-state index in [1.54, 1.807) is 0 Å². The van der Waals surface area contributed by atoms with E-state index in [0.29, 0.717) is 13.1 Å². The van der Waals surface area contributed by atoms with Crippen molar-refractivity contribution in [3.63, 3.8) is 0 Å². The number of nitro benzene ring substituents is 1. The van der Waals surface area contributed by atoms with E-state index in [1.165, 1.54) is 16.4 Å². The van der Waals surface area contributed by atoms with Crippen LogP contribution in [0.1, 0.15) is 19.8 Å². The number of nitrogens with zero attached hydrogens (tertiary/aromatic N) is 2. The van der Waals surface area contributed by atoms with Gasteiger partial charge in [-0.05, 0) is 24.8 Å². The lowest BCUT2D eigenvalue weighted by Crippen LogP contribution is -2.39. The molecular weight excluding hydrogens is 296 g/mol. The van der Waals surface area contributed by atoms with Crippen LogP contribution in [0.4, 0.5) is 11.4 Å². The highest BCUT2D eigenvalue weighted by molar-refractivity contribution is 7.89. The number of non-ortho nitro benzene ring substituents is 1. The number of nitrogens with two attached hydrogens (primary N) is 1. The number of rotatable bonds is 4. The van der Waals surface area contributed by atoms with Crippen LogP contribution in [0.25, 0.3) is 0 Å². The van der Waals surface area contributed by atoms with Gasteiger partial charge in [-0.25, -0.2) is 8.42 Å². The van der Waals surface area contributed by atoms with Crippen LogP contribution in [-0.4, -0.2) is 30.7 Å². The van der Waals surface area contributed by atoms with Gasteiger partial charge >= 0.3 is 0 Å². The molecule has 0 aliphatic carbocycles. The fraction of sp³-hybridized carbons (Fsp3) is 0.500. The molecule has 2 rings (SSSR count). The number of nitrogen functional groups attached to an aromatic ring is 1. The summed E-state index contributed by atoms with van der Waals surface area (Å²) in [6.45, 7) is 2.81. The quantitative estimate of drug-likeness (QED) is 0.491. The van der Waals surface area contributed by atoms with Crippen LogP contribution >= 0.6 is 0 Å². The van der Waals surface area contributed by atoms with Gasteiger partial charge < -0.3 is 5.43 Å². The second-order valence-electron chi connectivity index (χ2n) is 5.19. The number of sulfonamides is 1. The van der Waals surface area contributed by atoms with Crippen molar-refractivity contribution in [2.45, 2.75) is 24.7 Å².